The van der Waals surface area contributed by atoms with Crippen LogP contribution in [0.25, 0.3) is 0 Å². The van der Waals surface area contributed by atoms with Crippen LogP contribution in [0.1, 0.15) is 33.1 Å². The molecule has 20 heavy (non-hydrogen) atoms. The van der Waals surface area contributed by atoms with Crippen molar-refractivity contribution in [1.82, 2.24) is 14.7 Å². The third kappa shape index (κ3) is 3.62. The molecule has 1 heterocycles. The van der Waals surface area contributed by atoms with E-state index in [2.05, 4.69) is 4.90 Å². The molecule has 1 fully saturated rings. The molecule has 6 heteroatoms. The van der Waals surface area contributed by atoms with Gasteiger partial charge in [0.15, 0.2) is 0 Å². The van der Waals surface area contributed by atoms with E-state index in [9.17, 15) is 14.7 Å². The number of carboxylic acid groups (broad SMARTS) is 1. The molecule has 2 amide bonds. The van der Waals surface area contributed by atoms with E-state index in [4.69, 9.17) is 0 Å². The highest BCUT2D eigenvalue weighted by atomic mass is 16.4. The number of carbonyl (C=O) groups excluding carboxylic acids is 1. The van der Waals surface area contributed by atoms with Gasteiger partial charge in [0.25, 0.3) is 0 Å². The number of carboxylic acids is 1. The summed E-state index contributed by atoms with van der Waals surface area (Å²) in [5.41, 5.74) is -1.05. The smallest absolute Gasteiger partial charge is 0.329 e. The van der Waals surface area contributed by atoms with E-state index < -0.39 is 11.5 Å². The van der Waals surface area contributed by atoms with Crippen LogP contribution in [0.5, 0.6) is 0 Å². The molecule has 0 aromatic carbocycles. The molecule has 0 bridgehead atoms. The Hall–Kier alpha value is -1.30. The number of urea groups is 1. The molecule has 6 nitrogen and oxygen atoms in total. The van der Waals surface area contributed by atoms with E-state index in [0.717, 1.165) is 19.4 Å². The molecule has 0 aliphatic carbocycles. The van der Waals surface area contributed by atoms with Crippen LogP contribution in [0.2, 0.25) is 0 Å². The number of hydrogen-bond donors (Lipinski definition) is 1. The summed E-state index contributed by atoms with van der Waals surface area (Å²) in [6, 6.07) is -0.145. The zero-order chi connectivity index (χ0) is 15.3. The van der Waals surface area contributed by atoms with Gasteiger partial charge in [-0.05, 0) is 53.8 Å². The molecule has 1 rings (SSSR count). The maximum Gasteiger partial charge on any atom is 0.329 e. The lowest BCUT2D eigenvalue weighted by Crippen LogP contribution is -2.55. The van der Waals surface area contributed by atoms with Crippen LogP contribution in [0.4, 0.5) is 4.79 Å². The molecule has 0 radical (unpaired) electrons. The fourth-order valence-corrected chi connectivity index (χ4v) is 2.63. The predicted molar refractivity (Wildman–Crippen MR) is 77.8 cm³/mol. The number of carbonyl (C=O) groups is 2. The van der Waals surface area contributed by atoms with Crippen LogP contribution in [-0.4, -0.2) is 77.6 Å². The van der Waals surface area contributed by atoms with Crippen molar-refractivity contribution in [3.05, 3.63) is 0 Å². The molecule has 1 aliphatic heterocycles. The number of aliphatic carboxylic acids is 1. The van der Waals surface area contributed by atoms with Crippen LogP contribution in [0, 0.1) is 0 Å². The molecule has 0 saturated carbocycles. The van der Waals surface area contributed by atoms with Gasteiger partial charge in [-0.1, -0.05) is 0 Å². The van der Waals surface area contributed by atoms with E-state index in [1.54, 1.807) is 11.8 Å². The molecule has 1 N–H and O–H groups in total. The summed E-state index contributed by atoms with van der Waals surface area (Å²) in [6.45, 7) is 6.31. The van der Waals surface area contributed by atoms with Crippen molar-refractivity contribution < 1.29 is 14.7 Å². The molecule has 1 atom stereocenters. The number of amides is 2. The number of nitrogens with zero attached hydrogens (tertiary/aromatic N) is 3. The minimum Gasteiger partial charge on any atom is -0.480 e. The number of hydrogen-bond acceptors (Lipinski definition) is 3. The lowest BCUT2D eigenvalue weighted by atomic mass is 10.00. The van der Waals surface area contributed by atoms with Gasteiger partial charge in [0.2, 0.25) is 0 Å². The molecule has 0 aromatic rings. The van der Waals surface area contributed by atoms with Crippen molar-refractivity contribution in [2.24, 2.45) is 0 Å². The molecule has 1 saturated heterocycles. The first-order valence-electron chi connectivity index (χ1n) is 7.27. The van der Waals surface area contributed by atoms with E-state index in [1.807, 2.05) is 21.0 Å². The Morgan fingerprint density at radius 3 is 2.45 bits per heavy atom. The van der Waals surface area contributed by atoms with Crippen LogP contribution in [0.15, 0.2) is 0 Å². The second-order valence-corrected chi connectivity index (χ2v) is 5.85. The summed E-state index contributed by atoms with van der Waals surface area (Å²) in [7, 11) is 4.00. The summed E-state index contributed by atoms with van der Waals surface area (Å²) >= 11 is 0. The normalized spacial score (nSPS) is 22.4. The third-order valence-corrected chi connectivity index (χ3v) is 4.02. The minimum absolute atomic E-state index is 0.145. The van der Waals surface area contributed by atoms with Gasteiger partial charge in [0, 0.05) is 19.6 Å². The van der Waals surface area contributed by atoms with Gasteiger partial charge in [-0.3, -0.25) is 0 Å². The average Bonchev–Trinajstić information content (AvgIpc) is 2.77. The molecule has 0 spiro atoms. The van der Waals surface area contributed by atoms with Crippen LogP contribution in [-0.2, 0) is 4.79 Å². The van der Waals surface area contributed by atoms with Crippen LogP contribution < -0.4 is 0 Å². The summed E-state index contributed by atoms with van der Waals surface area (Å²) in [5, 5.41) is 9.38. The molecular weight excluding hydrogens is 258 g/mol. The van der Waals surface area contributed by atoms with Gasteiger partial charge in [0.1, 0.15) is 5.54 Å². The Kier molecular flexibility index (Phi) is 5.80. The van der Waals surface area contributed by atoms with Gasteiger partial charge >= 0.3 is 12.0 Å². The lowest BCUT2D eigenvalue weighted by molar-refractivity contribution is -0.147. The highest BCUT2D eigenvalue weighted by Gasteiger charge is 2.46. The second-order valence-electron chi connectivity index (χ2n) is 5.85. The quantitative estimate of drug-likeness (QED) is 0.799. The van der Waals surface area contributed by atoms with Gasteiger partial charge in [-0.2, -0.15) is 0 Å². The first-order chi connectivity index (χ1) is 9.32. The number of likely N-dealkylation sites (tertiary alicyclic amines) is 1. The molecule has 1 aliphatic rings. The van der Waals surface area contributed by atoms with Gasteiger partial charge in [-0.15, -0.1) is 0 Å². The average molecular weight is 285 g/mol. The molecule has 1 unspecified atom stereocenters. The monoisotopic (exact) mass is 285 g/mol. The third-order valence-electron chi connectivity index (χ3n) is 4.02. The standard InChI is InChI=1S/C14H27N3O3/c1-5-16(10-7-9-15(3)4)13(20)17-11-6-8-14(17,2)12(18)19/h5-11H2,1-4H3,(H,18,19). The van der Waals surface area contributed by atoms with Crippen molar-refractivity contribution in [1.29, 1.82) is 0 Å². The zero-order valence-corrected chi connectivity index (χ0v) is 13.1. The lowest BCUT2D eigenvalue weighted by Gasteiger charge is -2.35. The minimum atomic E-state index is -1.05. The SMILES string of the molecule is CCN(CCCN(C)C)C(=O)N1CCCC1(C)C(=O)O. The second kappa shape index (κ2) is 6.92. The van der Waals surface area contributed by atoms with Crippen LogP contribution in [0.3, 0.4) is 0 Å². The van der Waals surface area contributed by atoms with Crippen molar-refractivity contribution in [2.45, 2.75) is 38.6 Å². The first-order valence-corrected chi connectivity index (χ1v) is 7.27. The van der Waals surface area contributed by atoms with Crippen molar-refractivity contribution >= 4 is 12.0 Å². The van der Waals surface area contributed by atoms with E-state index in [1.165, 1.54) is 4.90 Å². The molecule has 116 valence electrons. The maximum absolute atomic E-state index is 12.5. The fourth-order valence-electron chi connectivity index (χ4n) is 2.63. The predicted octanol–water partition coefficient (Wildman–Crippen LogP) is 1.32. The van der Waals surface area contributed by atoms with E-state index in [0.29, 0.717) is 26.1 Å². The number of rotatable bonds is 6. The van der Waals surface area contributed by atoms with Gasteiger partial charge < -0.3 is 19.8 Å². The van der Waals surface area contributed by atoms with Crippen molar-refractivity contribution in [3.8, 4) is 0 Å². The largest absolute Gasteiger partial charge is 0.480 e. The van der Waals surface area contributed by atoms with Crippen molar-refractivity contribution in [2.75, 3.05) is 40.3 Å². The van der Waals surface area contributed by atoms with Crippen LogP contribution >= 0.6 is 0 Å². The Bertz CT molecular complexity index is 360. The van der Waals surface area contributed by atoms with Gasteiger partial charge in [-0.25, -0.2) is 9.59 Å². The Morgan fingerprint density at radius 2 is 1.95 bits per heavy atom. The Morgan fingerprint density at radius 1 is 1.30 bits per heavy atom. The van der Waals surface area contributed by atoms with Crippen molar-refractivity contribution in [3.63, 3.8) is 0 Å². The fraction of sp³-hybridized carbons (Fsp3) is 0.857. The first kappa shape index (κ1) is 16.8. The summed E-state index contributed by atoms with van der Waals surface area (Å²) in [6.07, 6.45) is 2.18. The topological polar surface area (TPSA) is 64.1 Å². The van der Waals surface area contributed by atoms with E-state index in [-0.39, 0.29) is 6.03 Å². The maximum atomic E-state index is 12.5. The van der Waals surface area contributed by atoms with Gasteiger partial charge in [0.05, 0.1) is 0 Å². The molecular formula is C14H27N3O3. The highest BCUT2D eigenvalue weighted by Crippen LogP contribution is 2.30. The summed E-state index contributed by atoms with van der Waals surface area (Å²) in [5.74, 6) is -0.910. The highest BCUT2D eigenvalue weighted by molar-refractivity contribution is 5.86. The molecule has 0 aromatic heterocycles. The Labute approximate surface area is 121 Å². The summed E-state index contributed by atoms with van der Waals surface area (Å²) in [4.78, 5) is 29.3. The van der Waals surface area contributed by atoms with E-state index >= 15 is 0 Å². The Balaban J connectivity index is 2.68. The summed E-state index contributed by atoms with van der Waals surface area (Å²) < 4.78 is 0. The zero-order valence-electron chi connectivity index (χ0n) is 13.1.